The molecule has 5 nitrogen and oxygen atoms in total. The highest BCUT2D eigenvalue weighted by Gasteiger charge is 2.27. The largest absolute Gasteiger partial charge is 0.350 e. The Morgan fingerprint density at radius 3 is 2.74 bits per heavy atom. The Hall–Kier alpha value is -2.18. The summed E-state index contributed by atoms with van der Waals surface area (Å²) in [5.74, 6) is 3.31. The van der Waals surface area contributed by atoms with Crippen LogP contribution in [0.5, 0.6) is 0 Å². The first-order valence-corrected chi connectivity index (χ1v) is 5.86. The highest BCUT2D eigenvalue weighted by molar-refractivity contribution is 5.82. The molecule has 3 rings (SSSR count). The summed E-state index contributed by atoms with van der Waals surface area (Å²) < 4.78 is 29.0. The number of halogens is 2. The van der Waals surface area contributed by atoms with Crippen LogP contribution in [0.4, 0.5) is 8.78 Å². The van der Waals surface area contributed by atoms with Crippen LogP contribution in [-0.4, -0.2) is 9.24 Å². The SMILES string of the molecule is CC1CCc2c(F)c(F)cc3c(=O)n(N)c(=O)n1c23. The lowest BCUT2D eigenvalue weighted by atomic mass is 9.97. The van der Waals surface area contributed by atoms with Gasteiger partial charge in [-0.25, -0.2) is 13.6 Å². The van der Waals surface area contributed by atoms with Crippen molar-refractivity contribution < 1.29 is 8.78 Å². The van der Waals surface area contributed by atoms with Gasteiger partial charge in [0.25, 0.3) is 5.56 Å². The number of nitrogens with two attached hydrogens (primary N) is 1. The second-order valence-electron chi connectivity index (χ2n) is 4.76. The minimum Gasteiger partial charge on any atom is -0.332 e. The van der Waals surface area contributed by atoms with Crippen LogP contribution in [0, 0.1) is 11.6 Å². The molecule has 1 unspecified atom stereocenters. The van der Waals surface area contributed by atoms with E-state index in [0.29, 0.717) is 11.1 Å². The number of nitrogens with zero attached hydrogens (tertiary/aromatic N) is 2. The Morgan fingerprint density at radius 1 is 1.37 bits per heavy atom. The molecule has 1 atom stereocenters. The van der Waals surface area contributed by atoms with Crippen molar-refractivity contribution in [3.8, 4) is 0 Å². The molecule has 2 heterocycles. The molecule has 1 aliphatic heterocycles. The van der Waals surface area contributed by atoms with Crippen molar-refractivity contribution in [3.63, 3.8) is 0 Å². The van der Waals surface area contributed by atoms with Gasteiger partial charge in [-0.05, 0) is 25.8 Å². The first-order chi connectivity index (χ1) is 8.93. The van der Waals surface area contributed by atoms with Gasteiger partial charge in [0, 0.05) is 11.6 Å². The maximum atomic E-state index is 13.8. The van der Waals surface area contributed by atoms with Gasteiger partial charge in [0.05, 0.1) is 10.9 Å². The molecular weight excluding hydrogens is 256 g/mol. The molecule has 0 amide bonds. The fourth-order valence-corrected chi connectivity index (χ4v) is 2.66. The summed E-state index contributed by atoms with van der Waals surface area (Å²) in [5.41, 5.74) is -1.29. The molecule has 2 aromatic rings. The van der Waals surface area contributed by atoms with Crippen molar-refractivity contribution in [2.24, 2.45) is 0 Å². The first kappa shape index (κ1) is 11.9. The monoisotopic (exact) mass is 267 g/mol. The summed E-state index contributed by atoms with van der Waals surface area (Å²) in [5, 5.41) is -0.0671. The number of rotatable bonds is 0. The third kappa shape index (κ3) is 1.38. The molecule has 0 saturated carbocycles. The zero-order valence-corrected chi connectivity index (χ0v) is 10.1. The van der Waals surface area contributed by atoms with Gasteiger partial charge in [0.1, 0.15) is 0 Å². The summed E-state index contributed by atoms with van der Waals surface area (Å²) in [4.78, 5) is 23.9. The molecule has 0 bridgehead atoms. The third-order valence-corrected chi connectivity index (χ3v) is 3.64. The van der Waals surface area contributed by atoms with Crippen molar-refractivity contribution in [2.75, 3.05) is 5.84 Å². The van der Waals surface area contributed by atoms with Gasteiger partial charge in [0.2, 0.25) is 0 Å². The van der Waals surface area contributed by atoms with Crippen LogP contribution in [0.3, 0.4) is 0 Å². The van der Waals surface area contributed by atoms with Gasteiger partial charge in [-0.1, -0.05) is 0 Å². The molecule has 1 aromatic carbocycles. The van der Waals surface area contributed by atoms with Crippen molar-refractivity contribution >= 4 is 10.9 Å². The number of aryl methyl sites for hydroxylation is 1. The van der Waals surface area contributed by atoms with Gasteiger partial charge >= 0.3 is 5.69 Å². The van der Waals surface area contributed by atoms with Gasteiger partial charge in [-0.2, -0.15) is 4.68 Å². The van der Waals surface area contributed by atoms with Gasteiger partial charge in [0.15, 0.2) is 11.6 Å². The minimum absolute atomic E-state index is 0.0671. The lowest BCUT2D eigenvalue weighted by Gasteiger charge is -2.25. The standard InChI is InChI=1S/C12H11F2N3O2/c1-5-2-3-6-9(14)8(13)4-7-10(6)16(5)12(19)17(15)11(7)18/h4-5H,2-3,15H2,1H3. The van der Waals surface area contributed by atoms with E-state index in [2.05, 4.69) is 0 Å². The van der Waals surface area contributed by atoms with Crippen LogP contribution in [-0.2, 0) is 6.42 Å². The summed E-state index contributed by atoms with van der Waals surface area (Å²) in [6, 6.07) is 0.580. The Balaban J connectivity index is 2.69. The fourth-order valence-electron chi connectivity index (χ4n) is 2.66. The molecule has 2 N–H and O–H groups in total. The Labute approximate surface area is 105 Å². The summed E-state index contributed by atoms with van der Waals surface area (Å²) in [6.07, 6.45) is 0.773. The van der Waals surface area contributed by atoms with Gasteiger partial charge in [-0.15, -0.1) is 0 Å². The van der Waals surface area contributed by atoms with Crippen LogP contribution in [0.25, 0.3) is 10.9 Å². The van der Waals surface area contributed by atoms with E-state index in [0.717, 1.165) is 6.07 Å². The maximum absolute atomic E-state index is 13.8. The lowest BCUT2D eigenvalue weighted by Crippen LogP contribution is -2.46. The van der Waals surface area contributed by atoms with Crippen LogP contribution < -0.4 is 17.1 Å². The molecule has 0 saturated heterocycles. The van der Waals surface area contributed by atoms with E-state index >= 15 is 0 Å². The first-order valence-electron chi connectivity index (χ1n) is 5.86. The number of hydrogen-bond acceptors (Lipinski definition) is 3. The predicted octanol–water partition coefficient (Wildman–Crippen LogP) is 0.662. The van der Waals surface area contributed by atoms with E-state index in [1.807, 2.05) is 0 Å². The van der Waals surface area contributed by atoms with Crippen molar-refractivity contribution in [1.29, 1.82) is 0 Å². The maximum Gasteiger partial charge on any atom is 0.350 e. The van der Waals surface area contributed by atoms with Crippen LogP contribution in [0.15, 0.2) is 15.7 Å². The van der Waals surface area contributed by atoms with Gasteiger partial charge in [-0.3, -0.25) is 9.36 Å². The van der Waals surface area contributed by atoms with Gasteiger partial charge < -0.3 is 5.84 Å². The fraction of sp³-hybridized carbons (Fsp3) is 0.333. The molecule has 1 aromatic heterocycles. The Morgan fingerprint density at radius 2 is 2.05 bits per heavy atom. The highest BCUT2D eigenvalue weighted by Crippen LogP contribution is 2.30. The van der Waals surface area contributed by atoms with Crippen molar-refractivity contribution in [1.82, 2.24) is 9.24 Å². The average molecular weight is 267 g/mol. The summed E-state index contributed by atoms with van der Waals surface area (Å²) >= 11 is 0. The van der Waals surface area contributed by atoms with E-state index in [1.165, 1.54) is 4.57 Å². The van der Waals surface area contributed by atoms with Crippen molar-refractivity contribution in [2.45, 2.75) is 25.8 Å². The number of aromatic nitrogens is 2. The Bertz CT molecular complexity index is 823. The summed E-state index contributed by atoms with van der Waals surface area (Å²) in [7, 11) is 0. The third-order valence-electron chi connectivity index (χ3n) is 3.64. The predicted molar refractivity (Wildman–Crippen MR) is 65.6 cm³/mol. The van der Waals surface area contributed by atoms with E-state index in [-0.39, 0.29) is 28.9 Å². The molecular formula is C12H11F2N3O2. The Kier molecular flexibility index (Phi) is 2.29. The molecule has 19 heavy (non-hydrogen) atoms. The summed E-state index contributed by atoms with van der Waals surface area (Å²) in [6.45, 7) is 1.77. The van der Waals surface area contributed by atoms with Crippen molar-refractivity contribution in [3.05, 3.63) is 44.1 Å². The second kappa shape index (κ2) is 3.66. The topological polar surface area (TPSA) is 70.0 Å². The number of benzene rings is 1. The molecule has 0 aliphatic carbocycles. The lowest BCUT2D eigenvalue weighted by molar-refractivity contribution is 0.445. The second-order valence-corrected chi connectivity index (χ2v) is 4.76. The molecule has 7 heteroatoms. The van der Waals surface area contributed by atoms with Crippen LogP contribution in [0.2, 0.25) is 0 Å². The molecule has 1 aliphatic rings. The number of nitrogen functional groups attached to an aromatic ring is 1. The highest BCUT2D eigenvalue weighted by atomic mass is 19.2. The van der Waals surface area contributed by atoms with E-state index < -0.39 is 22.9 Å². The quantitative estimate of drug-likeness (QED) is 0.713. The molecule has 0 fully saturated rings. The zero-order chi connectivity index (χ0) is 13.9. The van der Waals surface area contributed by atoms with E-state index in [4.69, 9.17) is 5.84 Å². The average Bonchev–Trinajstić information content (AvgIpc) is 2.38. The van der Waals surface area contributed by atoms with Crippen LogP contribution in [0.1, 0.15) is 24.9 Å². The minimum atomic E-state index is -1.10. The van der Waals surface area contributed by atoms with E-state index in [9.17, 15) is 18.4 Å². The van der Waals surface area contributed by atoms with Crippen LogP contribution >= 0.6 is 0 Å². The molecule has 100 valence electrons. The smallest absolute Gasteiger partial charge is 0.332 e. The number of hydrogen-bond donors (Lipinski definition) is 1. The normalized spacial score (nSPS) is 17.9. The zero-order valence-electron chi connectivity index (χ0n) is 10.1. The molecule has 0 spiro atoms. The molecule has 0 radical (unpaired) electrons. The van der Waals surface area contributed by atoms with E-state index in [1.54, 1.807) is 6.92 Å².